The molecular weight excluding hydrogens is 249 g/mol. The van der Waals surface area contributed by atoms with Gasteiger partial charge in [0.15, 0.2) is 0 Å². The molecule has 0 atom stereocenters. The molecule has 0 N–H and O–H groups in total. The summed E-state index contributed by atoms with van der Waals surface area (Å²) in [5.41, 5.74) is 1.64. The highest BCUT2D eigenvalue weighted by atomic mass is 16.7. The van der Waals surface area contributed by atoms with Crippen LogP contribution >= 0.6 is 0 Å². The largest absolute Gasteiger partial charge is 0.514 e. The first-order chi connectivity index (χ1) is 9.39. The van der Waals surface area contributed by atoms with Crippen LogP contribution in [0, 0.1) is 0 Å². The Morgan fingerprint density at radius 3 is 2.15 bits per heavy atom. The molecule has 0 unspecified atom stereocenters. The van der Waals surface area contributed by atoms with Gasteiger partial charge in [0.25, 0.3) is 0 Å². The molecule has 3 nitrogen and oxygen atoms in total. The minimum absolute atomic E-state index is 0.302. The molecule has 0 amide bonds. The third-order valence-corrected chi connectivity index (χ3v) is 5.13. The molecule has 0 aromatic carbocycles. The van der Waals surface area contributed by atoms with Gasteiger partial charge >= 0.3 is 7.12 Å². The van der Waals surface area contributed by atoms with Crippen molar-refractivity contribution in [2.45, 2.75) is 70.5 Å². The van der Waals surface area contributed by atoms with E-state index in [-0.39, 0.29) is 18.3 Å². The standard InChI is InChI=1S/C16H24BNO2/c1-15(2)16(3,4)20-17(19-15)14-10-9-13(11-18-14)12-7-5-6-8-12/h9-12H,5-8H2,1-4H3. The Labute approximate surface area is 122 Å². The molecule has 1 aromatic rings. The van der Waals surface area contributed by atoms with Crippen LogP contribution < -0.4 is 5.59 Å². The molecule has 4 heteroatoms. The van der Waals surface area contributed by atoms with Gasteiger partial charge in [0.05, 0.1) is 16.8 Å². The fraction of sp³-hybridized carbons (Fsp3) is 0.688. The molecule has 1 aliphatic carbocycles. The Bertz CT molecular complexity index is 462. The molecule has 1 saturated carbocycles. The van der Waals surface area contributed by atoms with E-state index in [0.29, 0.717) is 5.92 Å². The summed E-state index contributed by atoms with van der Waals surface area (Å²) in [5.74, 6) is 0.704. The molecule has 0 bridgehead atoms. The second-order valence-electron chi connectivity index (χ2n) is 7.09. The Morgan fingerprint density at radius 2 is 1.65 bits per heavy atom. The predicted molar refractivity (Wildman–Crippen MR) is 81.2 cm³/mol. The van der Waals surface area contributed by atoms with E-state index >= 15 is 0 Å². The van der Waals surface area contributed by atoms with E-state index in [1.807, 2.05) is 6.20 Å². The summed E-state index contributed by atoms with van der Waals surface area (Å²) in [7, 11) is -0.349. The molecule has 3 rings (SSSR count). The zero-order valence-corrected chi connectivity index (χ0v) is 13.0. The van der Waals surface area contributed by atoms with Crippen LogP contribution in [0.5, 0.6) is 0 Å². The van der Waals surface area contributed by atoms with Crippen LogP contribution in [0.2, 0.25) is 0 Å². The highest BCUT2D eigenvalue weighted by molar-refractivity contribution is 6.61. The van der Waals surface area contributed by atoms with E-state index < -0.39 is 0 Å². The summed E-state index contributed by atoms with van der Waals surface area (Å²) in [6.07, 6.45) is 7.32. The third kappa shape index (κ3) is 2.40. The minimum atomic E-state index is -0.349. The van der Waals surface area contributed by atoms with Gasteiger partial charge in [0, 0.05) is 6.20 Å². The molecule has 108 valence electrons. The van der Waals surface area contributed by atoms with Crippen molar-refractivity contribution in [2.24, 2.45) is 0 Å². The van der Waals surface area contributed by atoms with Crippen molar-refractivity contribution in [3.63, 3.8) is 0 Å². The van der Waals surface area contributed by atoms with Gasteiger partial charge in [0.2, 0.25) is 0 Å². The van der Waals surface area contributed by atoms with Gasteiger partial charge in [-0.3, -0.25) is 4.98 Å². The first-order valence-electron chi connectivity index (χ1n) is 7.70. The maximum absolute atomic E-state index is 6.03. The summed E-state index contributed by atoms with van der Waals surface area (Å²) >= 11 is 0. The van der Waals surface area contributed by atoms with Crippen LogP contribution in [0.1, 0.15) is 64.9 Å². The van der Waals surface area contributed by atoms with Gasteiger partial charge in [-0.05, 0) is 58.1 Å². The fourth-order valence-electron chi connectivity index (χ4n) is 3.02. The van der Waals surface area contributed by atoms with E-state index in [4.69, 9.17) is 9.31 Å². The van der Waals surface area contributed by atoms with Crippen LogP contribution in [0.3, 0.4) is 0 Å². The fourth-order valence-corrected chi connectivity index (χ4v) is 3.02. The van der Waals surface area contributed by atoms with E-state index in [0.717, 1.165) is 5.59 Å². The monoisotopic (exact) mass is 273 g/mol. The average Bonchev–Trinajstić information content (AvgIpc) is 2.97. The summed E-state index contributed by atoms with van der Waals surface area (Å²) in [6.45, 7) is 8.28. The molecule has 0 spiro atoms. The lowest BCUT2D eigenvalue weighted by Gasteiger charge is -2.32. The Hall–Kier alpha value is -0.865. The van der Waals surface area contributed by atoms with Crippen LogP contribution in [0.15, 0.2) is 18.3 Å². The van der Waals surface area contributed by atoms with E-state index in [1.165, 1.54) is 31.2 Å². The van der Waals surface area contributed by atoms with Gasteiger partial charge in [-0.15, -0.1) is 0 Å². The molecule has 1 aliphatic heterocycles. The number of nitrogens with zero attached hydrogens (tertiary/aromatic N) is 1. The Balaban J connectivity index is 1.75. The molecule has 1 saturated heterocycles. The quantitative estimate of drug-likeness (QED) is 0.776. The van der Waals surface area contributed by atoms with Gasteiger partial charge < -0.3 is 9.31 Å². The SMILES string of the molecule is CC1(C)OB(c2ccc(C3CCCC3)cn2)OC1(C)C. The van der Waals surface area contributed by atoms with E-state index in [9.17, 15) is 0 Å². The maximum atomic E-state index is 6.03. The van der Waals surface area contributed by atoms with Crippen molar-refractivity contribution in [2.75, 3.05) is 0 Å². The van der Waals surface area contributed by atoms with Gasteiger partial charge in [0.1, 0.15) is 0 Å². The van der Waals surface area contributed by atoms with Gasteiger partial charge in [-0.25, -0.2) is 0 Å². The lowest BCUT2D eigenvalue weighted by atomic mass is 9.83. The van der Waals surface area contributed by atoms with Gasteiger partial charge in [-0.2, -0.15) is 0 Å². The smallest absolute Gasteiger partial charge is 0.398 e. The topological polar surface area (TPSA) is 31.4 Å². The molecular formula is C16H24BNO2. The highest BCUT2D eigenvalue weighted by Crippen LogP contribution is 2.37. The average molecular weight is 273 g/mol. The highest BCUT2D eigenvalue weighted by Gasteiger charge is 2.52. The second kappa shape index (κ2) is 4.85. The van der Waals surface area contributed by atoms with E-state index in [1.54, 1.807) is 0 Å². The molecule has 1 aromatic heterocycles. The number of aromatic nitrogens is 1. The van der Waals surface area contributed by atoms with Crippen LogP contribution in [-0.2, 0) is 9.31 Å². The van der Waals surface area contributed by atoms with Crippen molar-refractivity contribution in [3.8, 4) is 0 Å². The summed E-state index contributed by atoms with van der Waals surface area (Å²) in [4.78, 5) is 4.59. The number of hydrogen-bond donors (Lipinski definition) is 0. The second-order valence-corrected chi connectivity index (χ2v) is 7.09. The molecule has 2 heterocycles. The maximum Gasteiger partial charge on any atom is 0.514 e. The Kier molecular flexibility index (Phi) is 3.42. The number of hydrogen-bond acceptors (Lipinski definition) is 3. The Morgan fingerprint density at radius 1 is 1.05 bits per heavy atom. The van der Waals surface area contributed by atoms with Crippen LogP contribution in [0.25, 0.3) is 0 Å². The van der Waals surface area contributed by atoms with Crippen LogP contribution in [-0.4, -0.2) is 23.3 Å². The molecule has 0 radical (unpaired) electrons. The van der Waals surface area contributed by atoms with Crippen LogP contribution in [0.4, 0.5) is 0 Å². The summed E-state index contributed by atoms with van der Waals surface area (Å²) in [5, 5.41) is 0. The van der Waals surface area contributed by atoms with E-state index in [2.05, 4.69) is 44.8 Å². The van der Waals surface area contributed by atoms with Crippen molar-refractivity contribution in [3.05, 3.63) is 23.9 Å². The molecule has 2 fully saturated rings. The lowest BCUT2D eigenvalue weighted by molar-refractivity contribution is 0.00578. The van der Waals surface area contributed by atoms with Crippen molar-refractivity contribution >= 4 is 12.7 Å². The van der Waals surface area contributed by atoms with Crippen molar-refractivity contribution in [1.82, 2.24) is 4.98 Å². The summed E-state index contributed by atoms with van der Waals surface area (Å²) < 4.78 is 12.1. The number of pyridine rings is 1. The normalized spacial score (nSPS) is 25.3. The first kappa shape index (κ1) is 14.1. The predicted octanol–water partition coefficient (Wildman–Crippen LogP) is 3.04. The zero-order valence-electron chi connectivity index (χ0n) is 13.0. The minimum Gasteiger partial charge on any atom is -0.398 e. The molecule has 20 heavy (non-hydrogen) atoms. The van der Waals surface area contributed by atoms with Gasteiger partial charge in [-0.1, -0.05) is 18.9 Å². The number of rotatable bonds is 2. The van der Waals surface area contributed by atoms with Crippen molar-refractivity contribution < 1.29 is 9.31 Å². The third-order valence-electron chi connectivity index (χ3n) is 5.13. The molecule has 2 aliphatic rings. The summed E-state index contributed by atoms with van der Waals surface area (Å²) in [6, 6.07) is 4.26. The lowest BCUT2D eigenvalue weighted by Crippen LogP contribution is -2.41. The van der Waals surface area contributed by atoms with Crippen molar-refractivity contribution in [1.29, 1.82) is 0 Å². The first-order valence-corrected chi connectivity index (χ1v) is 7.70. The zero-order chi connectivity index (χ0) is 14.4.